The predicted molar refractivity (Wildman–Crippen MR) is 38.6 cm³/mol. The van der Waals surface area contributed by atoms with Gasteiger partial charge in [0.1, 0.15) is 6.61 Å². The summed E-state index contributed by atoms with van der Waals surface area (Å²) in [5.41, 5.74) is 0.475. The number of hydrogen-bond donors (Lipinski definition) is 1. The number of aliphatic hydroxyl groups excluding tert-OH is 1. The molecule has 0 heterocycles. The maximum absolute atomic E-state index is 10.8. The highest BCUT2D eigenvalue weighted by Crippen LogP contribution is 1.95. The molecule has 64 valence electrons. The summed E-state index contributed by atoms with van der Waals surface area (Å²) < 4.78 is 0. The lowest BCUT2D eigenvalue weighted by atomic mass is 10.3. The molecule has 0 saturated heterocycles. The second-order valence-corrected chi connectivity index (χ2v) is 1.89. The van der Waals surface area contributed by atoms with Gasteiger partial charge in [-0.05, 0) is 13.8 Å². The van der Waals surface area contributed by atoms with Crippen LogP contribution in [0.5, 0.6) is 0 Å². The van der Waals surface area contributed by atoms with E-state index < -0.39 is 5.97 Å². The van der Waals surface area contributed by atoms with Crippen LogP contribution in [0, 0.1) is 0 Å². The summed E-state index contributed by atoms with van der Waals surface area (Å²) in [6.45, 7) is 3.18. The standard InChI is InChI=1S/C7H12O4/c1-3-6(2)7(9)11-10-5-4-8/h3,8H,4-5H2,1-2H3. The van der Waals surface area contributed by atoms with E-state index in [1.807, 2.05) is 0 Å². The molecule has 0 saturated carbocycles. The molecule has 0 fully saturated rings. The van der Waals surface area contributed by atoms with Gasteiger partial charge in [0.25, 0.3) is 0 Å². The molecule has 0 aliphatic heterocycles. The zero-order valence-corrected chi connectivity index (χ0v) is 6.66. The Hall–Kier alpha value is -0.870. The van der Waals surface area contributed by atoms with Crippen molar-refractivity contribution in [3.05, 3.63) is 11.6 Å². The minimum atomic E-state index is -0.527. The van der Waals surface area contributed by atoms with Gasteiger partial charge in [-0.25, -0.2) is 4.79 Å². The smallest absolute Gasteiger partial charge is 0.368 e. The normalized spacial score (nSPS) is 11.4. The summed E-state index contributed by atoms with van der Waals surface area (Å²) in [6.07, 6.45) is 1.62. The van der Waals surface area contributed by atoms with E-state index in [0.29, 0.717) is 5.57 Å². The van der Waals surface area contributed by atoms with Gasteiger partial charge in [0, 0.05) is 5.57 Å². The van der Waals surface area contributed by atoms with Crippen molar-refractivity contribution in [3.8, 4) is 0 Å². The molecule has 0 aliphatic carbocycles. The van der Waals surface area contributed by atoms with Gasteiger partial charge in [-0.1, -0.05) is 6.08 Å². The Morgan fingerprint density at radius 2 is 2.27 bits per heavy atom. The van der Waals surface area contributed by atoms with Gasteiger partial charge in [-0.3, -0.25) is 4.89 Å². The van der Waals surface area contributed by atoms with Crippen LogP contribution in [0.3, 0.4) is 0 Å². The Morgan fingerprint density at radius 3 is 2.73 bits per heavy atom. The van der Waals surface area contributed by atoms with Crippen molar-refractivity contribution in [2.75, 3.05) is 13.2 Å². The minimum Gasteiger partial charge on any atom is -0.394 e. The van der Waals surface area contributed by atoms with Gasteiger partial charge in [-0.15, -0.1) is 0 Å². The molecule has 1 N–H and O–H groups in total. The number of aliphatic hydroxyl groups is 1. The lowest BCUT2D eigenvalue weighted by Crippen LogP contribution is -2.08. The van der Waals surface area contributed by atoms with E-state index in [1.54, 1.807) is 19.9 Å². The summed E-state index contributed by atoms with van der Waals surface area (Å²) >= 11 is 0. The summed E-state index contributed by atoms with van der Waals surface area (Å²) in [4.78, 5) is 19.3. The highest BCUT2D eigenvalue weighted by atomic mass is 17.2. The Labute approximate surface area is 65.4 Å². The molecule has 0 aromatic carbocycles. The number of carbonyl (C=O) groups is 1. The first-order chi connectivity index (χ1) is 5.22. The molecule has 0 atom stereocenters. The number of allylic oxidation sites excluding steroid dienone is 1. The molecule has 0 aliphatic rings. The van der Waals surface area contributed by atoms with Gasteiger partial charge in [0.2, 0.25) is 0 Å². The SMILES string of the molecule is CC=C(C)C(=O)OOCCO. The molecular formula is C7H12O4. The number of hydrogen-bond acceptors (Lipinski definition) is 4. The van der Waals surface area contributed by atoms with E-state index >= 15 is 0 Å². The Morgan fingerprint density at radius 1 is 1.64 bits per heavy atom. The lowest BCUT2D eigenvalue weighted by molar-refractivity contribution is -0.271. The third kappa shape index (κ3) is 4.52. The molecule has 0 rings (SSSR count). The maximum atomic E-state index is 10.8. The van der Waals surface area contributed by atoms with Crippen LogP contribution in [-0.2, 0) is 14.6 Å². The fraction of sp³-hybridized carbons (Fsp3) is 0.571. The van der Waals surface area contributed by atoms with Gasteiger partial charge < -0.3 is 5.11 Å². The quantitative estimate of drug-likeness (QED) is 0.280. The molecule has 0 amide bonds. The zero-order valence-electron chi connectivity index (χ0n) is 6.66. The second kappa shape index (κ2) is 5.88. The Bertz CT molecular complexity index is 151. The van der Waals surface area contributed by atoms with Gasteiger partial charge in [0.15, 0.2) is 0 Å². The van der Waals surface area contributed by atoms with Gasteiger partial charge >= 0.3 is 5.97 Å². The number of carbonyl (C=O) groups excluding carboxylic acids is 1. The summed E-state index contributed by atoms with van der Waals surface area (Å²) in [7, 11) is 0. The first kappa shape index (κ1) is 10.1. The first-order valence-corrected chi connectivity index (χ1v) is 3.30. The largest absolute Gasteiger partial charge is 0.394 e. The van der Waals surface area contributed by atoms with Crippen molar-refractivity contribution < 1.29 is 19.7 Å². The molecule has 4 nitrogen and oxygen atoms in total. The Kier molecular flexibility index (Phi) is 5.42. The van der Waals surface area contributed by atoms with Crippen LogP contribution in [0.4, 0.5) is 0 Å². The fourth-order valence-electron chi connectivity index (χ4n) is 0.316. The average Bonchev–Trinajstić information content (AvgIpc) is 2.03. The van der Waals surface area contributed by atoms with Crippen molar-refractivity contribution in [3.63, 3.8) is 0 Å². The zero-order chi connectivity index (χ0) is 8.69. The monoisotopic (exact) mass is 160 g/mol. The summed E-state index contributed by atoms with van der Waals surface area (Å²) in [5, 5.41) is 8.24. The molecular weight excluding hydrogens is 148 g/mol. The minimum absolute atomic E-state index is 0.00271. The highest BCUT2D eigenvalue weighted by molar-refractivity contribution is 5.87. The molecule has 4 heteroatoms. The van der Waals surface area contributed by atoms with Crippen molar-refractivity contribution in [1.29, 1.82) is 0 Å². The van der Waals surface area contributed by atoms with E-state index in [0.717, 1.165) is 0 Å². The molecule has 0 bridgehead atoms. The van der Waals surface area contributed by atoms with Gasteiger partial charge in [0.05, 0.1) is 6.61 Å². The van der Waals surface area contributed by atoms with Crippen molar-refractivity contribution in [2.24, 2.45) is 0 Å². The van der Waals surface area contributed by atoms with Crippen LogP contribution >= 0.6 is 0 Å². The summed E-state index contributed by atoms with van der Waals surface area (Å²) in [6, 6.07) is 0. The van der Waals surface area contributed by atoms with Gasteiger partial charge in [-0.2, -0.15) is 4.89 Å². The van der Waals surface area contributed by atoms with Crippen molar-refractivity contribution >= 4 is 5.97 Å². The van der Waals surface area contributed by atoms with E-state index in [-0.39, 0.29) is 13.2 Å². The third-order valence-electron chi connectivity index (χ3n) is 1.06. The Balaban J connectivity index is 3.53. The summed E-state index contributed by atoms with van der Waals surface area (Å²) in [5.74, 6) is -0.527. The van der Waals surface area contributed by atoms with Crippen LogP contribution in [0.1, 0.15) is 13.8 Å². The molecule has 0 aromatic heterocycles. The van der Waals surface area contributed by atoms with E-state index in [2.05, 4.69) is 9.78 Å². The van der Waals surface area contributed by atoms with Crippen molar-refractivity contribution in [1.82, 2.24) is 0 Å². The number of rotatable bonds is 4. The van der Waals surface area contributed by atoms with Crippen LogP contribution in [0.2, 0.25) is 0 Å². The van der Waals surface area contributed by atoms with Crippen LogP contribution < -0.4 is 0 Å². The molecule has 0 aromatic rings. The van der Waals surface area contributed by atoms with E-state index in [1.165, 1.54) is 0 Å². The second-order valence-electron chi connectivity index (χ2n) is 1.89. The van der Waals surface area contributed by atoms with Crippen LogP contribution in [-0.4, -0.2) is 24.3 Å². The van der Waals surface area contributed by atoms with Crippen LogP contribution in [0.15, 0.2) is 11.6 Å². The predicted octanol–water partition coefficient (Wildman–Crippen LogP) is 0.420. The fourth-order valence-corrected chi connectivity index (χ4v) is 0.316. The third-order valence-corrected chi connectivity index (χ3v) is 1.06. The highest BCUT2D eigenvalue weighted by Gasteiger charge is 2.04. The maximum Gasteiger partial charge on any atom is 0.368 e. The molecule has 0 unspecified atom stereocenters. The average molecular weight is 160 g/mol. The lowest BCUT2D eigenvalue weighted by Gasteiger charge is -2.00. The van der Waals surface area contributed by atoms with Crippen LogP contribution in [0.25, 0.3) is 0 Å². The van der Waals surface area contributed by atoms with E-state index in [9.17, 15) is 4.79 Å². The molecule has 11 heavy (non-hydrogen) atoms. The van der Waals surface area contributed by atoms with E-state index in [4.69, 9.17) is 5.11 Å². The topological polar surface area (TPSA) is 55.8 Å². The molecule has 0 radical (unpaired) electrons. The van der Waals surface area contributed by atoms with Crippen molar-refractivity contribution in [2.45, 2.75) is 13.8 Å². The first-order valence-electron chi connectivity index (χ1n) is 3.30. The molecule has 0 spiro atoms.